The Kier molecular flexibility index (Phi) is 9.82. The number of hydrogen-bond donors (Lipinski definition) is 1. The summed E-state index contributed by atoms with van der Waals surface area (Å²) in [5.74, 6) is -0.900. The van der Waals surface area contributed by atoms with Gasteiger partial charge in [0, 0.05) is 23.1 Å². The van der Waals surface area contributed by atoms with Gasteiger partial charge in [-0.15, -0.1) is 0 Å². The molecule has 3 aromatic rings. The Morgan fingerprint density at radius 2 is 1.42 bits per heavy atom. The van der Waals surface area contributed by atoms with Gasteiger partial charge in [-0.1, -0.05) is 70.7 Å². The van der Waals surface area contributed by atoms with Crippen LogP contribution in [0, 0.1) is 13.8 Å². The molecule has 3 rings (SSSR count). The highest BCUT2D eigenvalue weighted by atomic mass is 35.5. The minimum absolute atomic E-state index is 0.00820. The highest BCUT2D eigenvalue weighted by Gasteiger charge is 2.32. The van der Waals surface area contributed by atoms with E-state index in [1.165, 1.54) is 35.2 Å². The number of anilines is 1. The smallest absolute Gasteiger partial charge is 0.264 e. The number of carbonyl (C=O) groups is 2. The molecule has 0 aliphatic rings. The van der Waals surface area contributed by atoms with Gasteiger partial charge < -0.3 is 10.2 Å². The van der Waals surface area contributed by atoms with Crippen molar-refractivity contribution in [3.8, 4) is 0 Å². The maximum Gasteiger partial charge on any atom is 0.264 e. The van der Waals surface area contributed by atoms with Gasteiger partial charge in [-0.05, 0) is 63.6 Å². The van der Waals surface area contributed by atoms with E-state index in [0.717, 1.165) is 21.0 Å². The maximum absolute atomic E-state index is 13.8. The molecule has 0 saturated carbocycles. The number of sulfonamides is 1. The van der Waals surface area contributed by atoms with Crippen LogP contribution in [0.15, 0.2) is 71.6 Å². The molecule has 0 bridgehead atoms. The molecule has 2 amide bonds. The van der Waals surface area contributed by atoms with Crippen LogP contribution in [0.1, 0.15) is 30.5 Å². The molecule has 0 heterocycles. The molecule has 0 aromatic heterocycles. The number of aryl methyl sites for hydroxylation is 2. The Bertz CT molecular complexity index is 1370. The molecule has 7 nitrogen and oxygen atoms in total. The second-order valence-electron chi connectivity index (χ2n) is 9.03. The lowest BCUT2D eigenvalue weighted by molar-refractivity contribution is -0.139. The number of nitrogens with zero attached hydrogens (tertiary/aromatic N) is 2. The van der Waals surface area contributed by atoms with Crippen LogP contribution in [0.4, 0.5) is 5.69 Å². The molecule has 38 heavy (non-hydrogen) atoms. The average molecular weight is 577 g/mol. The van der Waals surface area contributed by atoms with Gasteiger partial charge >= 0.3 is 0 Å². The van der Waals surface area contributed by atoms with Gasteiger partial charge in [0.05, 0.1) is 10.6 Å². The number of carbonyl (C=O) groups excluding carboxylic acids is 2. The third-order valence-electron chi connectivity index (χ3n) is 6.01. The van der Waals surface area contributed by atoms with Crippen molar-refractivity contribution in [3.05, 3.63) is 93.5 Å². The summed E-state index contributed by atoms with van der Waals surface area (Å²) in [6.07, 6.45) is 0. The molecule has 3 aromatic carbocycles. The fourth-order valence-electron chi connectivity index (χ4n) is 3.84. The lowest BCUT2D eigenvalue weighted by atomic mass is 10.1. The highest BCUT2D eigenvalue weighted by Crippen LogP contribution is 2.30. The largest absolute Gasteiger partial charge is 0.355 e. The highest BCUT2D eigenvalue weighted by molar-refractivity contribution is 7.92. The minimum atomic E-state index is -4.20. The number of halogens is 2. The fourth-order valence-corrected chi connectivity index (χ4v) is 5.76. The topological polar surface area (TPSA) is 86.8 Å². The first kappa shape index (κ1) is 29.5. The lowest BCUT2D eigenvalue weighted by Gasteiger charge is -2.32. The molecule has 0 spiro atoms. The van der Waals surface area contributed by atoms with Crippen LogP contribution in [-0.4, -0.2) is 44.3 Å². The van der Waals surface area contributed by atoms with E-state index < -0.39 is 28.5 Å². The Balaban J connectivity index is 2.06. The molecular weight excluding hydrogens is 545 g/mol. The molecule has 0 aliphatic carbocycles. The summed E-state index contributed by atoms with van der Waals surface area (Å²) in [5, 5.41) is 3.17. The molecule has 1 N–H and O–H groups in total. The quantitative estimate of drug-likeness (QED) is 0.352. The average Bonchev–Trinajstić information content (AvgIpc) is 2.86. The zero-order valence-corrected chi connectivity index (χ0v) is 24.1. The van der Waals surface area contributed by atoms with Crippen LogP contribution in [0.2, 0.25) is 10.0 Å². The number of amides is 2. The van der Waals surface area contributed by atoms with Gasteiger partial charge in [0.15, 0.2) is 0 Å². The van der Waals surface area contributed by atoms with E-state index in [0.29, 0.717) is 6.54 Å². The van der Waals surface area contributed by atoms with Crippen molar-refractivity contribution in [3.63, 3.8) is 0 Å². The standard InChI is InChI=1S/C28H31Cl2N3O4S/c1-5-31-28(35)21(4)32(17-22-10-6-19(2)7-11-22)27(34)18-33(25-15-23(29)14-24(30)16-25)38(36,37)26-12-8-20(3)9-13-26/h6-16,21H,5,17-18H2,1-4H3,(H,31,35)/t21-/m1/s1. The molecule has 1 atom stereocenters. The van der Waals surface area contributed by atoms with Gasteiger partial charge in [-0.25, -0.2) is 8.42 Å². The van der Waals surface area contributed by atoms with Gasteiger partial charge in [-0.2, -0.15) is 0 Å². The molecule has 0 unspecified atom stereocenters. The third-order valence-corrected chi connectivity index (χ3v) is 8.24. The van der Waals surface area contributed by atoms with Crippen LogP contribution in [0.5, 0.6) is 0 Å². The first-order valence-corrected chi connectivity index (χ1v) is 14.3. The molecule has 0 saturated heterocycles. The van der Waals surface area contributed by atoms with Crippen molar-refractivity contribution in [2.75, 3.05) is 17.4 Å². The summed E-state index contributed by atoms with van der Waals surface area (Å²) in [5.41, 5.74) is 2.88. The van der Waals surface area contributed by atoms with Crippen LogP contribution in [-0.2, 0) is 26.2 Å². The van der Waals surface area contributed by atoms with Gasteiger partial charge in [0.1, 0.15) is 12.6 Å². The van der Waals surface area contributed by atoms with Crippen LogP contribution >= 0.6 is 23.2 Å². The summed E-state index contributed by atoms with van der Waals surface area (Å²) >= 11 is 12.4. The van der Waals surface area contributed by atoms with Crippen molar-refractivity contribution in [2.45, 2.75) is 45.2 Å². The van der Waals surface area contributed by atoms with Crippen LogP contribution in [0.3, 0.4) is 0 Å². The normalized spacial score (nSPS) is 12.1. The summed E-state index contributed by atoms with van der Waals surface area (Å²) in [4.78, 5) is 28.0. The van der Waals surface area contributed by atoms with E-state index in [1.807, 2.05) is 38.1 Å². The van der Waals surface area contributed by atoms with Crippen molar-refractivity contribution in [1.82, 2.24) is 10.2 Å². The van der Waals surface area contributed by atoms with Crippen molar-refractivity contribution in [2.24, 2.45) is 0 Å². The first-order valence-electron chi connectivity index (χ1n) is 12.1. The van der Waals surface area contributed by atoms with Crippen molar-refractivity contribution < 1.29 is 18.0 Å². The van der Waals surface area contributed by atoms with Crippen LogP contribution in [0.25, 0.3) is 0 Å². The number of likely N-dealkylation sites (N-methyl/N-ethyl adjacent to an activating group) is 1. The zero-order valence-electron chi connectivity index (χ0n) is 21.7. The fraction of sp³-hybridized carbons (Fsp3) is 0.286. The second-order valence-corrected chi connectivity index (χ2v) is 11.8. The third kappa shape index (κ3) is 7.28. The Morgan fingerprint density at radius 3 is 1.95 bits per heavy atom. The predicted octanol–water partition coefficient (Wildman–Crippen LogP) is 5.36. The lowest BCUT2D eigenvalue weighted by Crippen LogP contribution is -2.51. The number of hydrogen-bond acceptors (Lipinski definition) is 4. The van der Waals surface area contributed by atoms with Gasteiger partial charge in [-0.3, -0.25) is 13.9 Å². The SMILES string of the molecule is CCNC(=O)[C@@H](C)N(Cc1ccc(C)cc1)C(=O)CN(c1cc(Cl)cc(Cl)c1)S(=O)(=O)c1ccc(C)cc1. The number of benzene rings is 3. The molecule has 202 valence electrons. The van der Waals surface area contributed by atoms with E-state index in [1.54, 1.807) is 26.0 Å². The Morgan fingerprint density at radius 1 is 0.895 bits per heavy atom. The molecule has 0 radical (unpaired) electrons. The van der Waals surface area contributed by atoms with Crippen LogP contribution < -0.4 is 9.62 Å². The Hall–Kier alpha value is -3.07. The van der Waals surface area contributed by atoms with E-state index in [2.05, 4.69) is 5.32 Å². The minimum Gasteiger partial charge on any atom is -0.355 e. The molecule has 0 aliphatic heterocycles. The van der Waals surface area contributed by atoms with Crippen molar-refractivity contribution in [1.29, 1.82) is 0 Å². The maximum atomic E-state index is 13.8. The number of rotatable bonds is 10. The summed E-state index contributed by atoms with van der Waals surface area (Å²) in [6, 6.07) is 17.4. The zero-order chi connectivity index (χ0) is 28.0. The summed E-state index contributed by atoms with van der Waals surface area (Å²) in [7, 11) is -4.20. The predicted molar refractivity (Wildman–Crippen MR) is 152 cm³/mol. The Labute approximate surface area is 234 Å². The van der Waals surface area contributed by atoms with E-state index in [9.17, 15) is 18.0 Å². The molecule has 0 fully saturated rings. The van der Waals surface area contributed by atoms with Gasteiger partial charge in [0.2, 0.25) is 11.8 Å². The van der Waals surface area contributed by atoms with E-state index >= 15 is 0 Å². The monoisotopic (exact) mass is 575 g/mol. The second kappa shape index (κ2) is 12.7. The molecule has 10 heteroatoms. The summed E-state index contributed by atoms with van der Waals surface area (Å²) < 4.78 is 28.6. The van der Waals surface area contributed by atoms with E-state index in [4.69, 9.17) is 23.2 Å². The number of nitrogens with one attached hydrogen (secondary N) is 1. The van der Waals surface area contributed by atoms with E-state index in [-0.39, 0.29) is 33.1 Å². The molecular formula is C28H31Cl2N3O4S. The first-order chi connectivity index (χ1) is 17.9. The van der Waals surface area contributed by atoms with Gasteiger partial charge in [0.25, 0.3) is 10.0 Å². The summed E-state index contributed by atoms with van der Waals surface area (Å²) in [6.45, 7) is 7.15. The van der Waals surface area contributed by atoms with Crippen molar-refractivity contribution >= 4 is 50.7 Å².